The maximum Gasteiger partial charge on any atom is 0.306 e. The van der Waals surface area contributed by atoms with Gasteiger partial charge in [-0.3, -0.25) is 14.4 Å². The molecule has 1 aromatic heterocycles. The zero-order valence-corrected chi connectivity index (χ0v) is 16.6. The molecule has 1 amide bonds. The van der Waals surface area contributed by atoms with E-state index in [1.165, 1.54) is 11.3 Å². The molecule has 2 heterocycles. The van der Waals surface area contributed by atoms with Crippen molar-refractivity contribution in [1.29, 1.82) is 0 Å². The maximum atomic E-state index is 12.6. The first-order valence-electron chi connectivity index (χ1n) is 9.19. The van der Waals surface area contributed by atoms with Crippen LogP contribution in [0.2, 0.25) is 0 Å². The molecule has 2 unspecified atom stereocenters. The smallest absolute Gasteiger partial charge is 0.306 e. The Morgan fingerprint density at radius 1 is 1.23 bits per heavy atom. The van der Waals surface area contributed by atoms with Crippen LogP contribution in [0.3, 0.4) is 0 Å². The SMILES string of the molecule is CC1(C)CC2CC(C)(CN2C(=O)COC(=O)CCC(=O)c2cccs2)C1. The Morgan fingerprint density at radius 3 is 2.69 bits per heavy atom. The lowest BCUT2D eigenvalue weighted by Gasteiger charge is -2.39. The minimum Gasteiger partial charge on any atom is -0.456 e. The van der Waals surface area contributed by atoms with E-state index in [9.17, 15) is 14.4 Å². The van der Waals surface area contributed by atoms with Crippen LogP contribution in [0.4, 0.5) is 0 Å². The lowest BCUT2D eigenvalue weighted by atomic mass is 9.65. The third kappa shape index (κ3) is 4.34. The fraction of sp³-hybridized carbons (Fsp3) is 0.650. The van der Waals surface area contributed by atoms with Gasteiger partial charge in [-0.1, -0.05) is 26.8 Å². The molecule has 142 valence electrons. The van der Waals surface area contributed by atoms with E-state index in [-0.39, 0.29) is 48.0 Å². The lowest BCUT2D eigenvalue weighted by molar-refractivity contribution is -0.152. The van der Waals surface area contributed by atoms with E-state index < -0.39 is 5.97 Å². The summed E-state index contributed by atoms with van der Waals surface area (Å²) in [5.74, 6) is -0.668. The van der Waals surface area contributed by atoms with E-state index in [2.05, 4.69) is 20.8 Å². The van der Waals surface area contributed by atoms with Crippen molar-refractivity contribution in [3.05, 3.63) is 22.4 Å². The largest absolute Gasteiger partial charge is 0.456 e. The first kappa shape index (κ1) is 19.1. The van der Waals surface area contributed by atoms with Crippen LogP contribution in [-0.2, 0) is 14.3 Å². The van der Waals surface area contributed by atoms with Crippen LogP contribution in [0.25, 0.3) is 0 Å². The average molecular weight is 378 g/mol. The number of nitrogens with zero attached hydrogens (tertiary/aromatic N) is 1. The molecule has 3 rings (SSSR count). The number of ketones is 1. The van der Waals surface area contributed by atoms with Crippen molar-refractivity contribution in [2.45, 2.75) is 58.9 Å². The number of hydrogen-bond acceptors (Lipinski definition) is 5. The number of thiophene rings is 1. The van der Waals surface area contributed by atoms with Gasteiger partial charge in [-0.05, 0) is 41.5 Å². The molecule has 1 aromatic rings. The minimum atomic E-state index is -0.489. The third-order valence-corrected chi connectivity index (χ3v) is 6.35. The van der Waals surface area contributed by atoms with Gasteiger partial charge in [-0.2, -0.15) is 0 Å². The fourth-order valence-corrected chi connectivity index (χ4v) is 5.52. The topological polar surface area (TPSA) is 63.7 Å². The molecule has 2 atom stereocenters. The van der Waals surface area contributed by atoms with E-state index in [0.29, 0.717) is 4.88 Å². The van der Waals surface area contributed by atoms with Gasteiger partial charge in [0.1, 0.15) is 0 Å². The zero-order chi connectivity index (χ0) is 18.9. The molecular formula is C20H27NO4S. The van der Waals surface area contributed by atoms with Crippen molar-refractivity contribution >= 4 is 29.0 Å². The van der Waals surface area contributed by atoms with Crippen LogP contribution in [0.15, 0.2) is 17.5 Å². The van der Waals surface area contributed by atoms with Gasteiger partial charge in [-0.15, -0.1) is 11.3 Å². The maximum absolute atomic E-state index is 12.6. The molecule has 2 fully saturated rings. The molecule has 5 nitrogen and oxygen atoms in total. The first-order valence-corrected chi connectivity index (χ1v) is 10.1. The lowest BCUT2D eigenvalue weighted by Crippen LogP contribution is -2.39. The zero-order valence-electron chi connectivity index (χ0n) is 15.7. The van der Waals surface area contributed by atoms with Crippen LogP contribution in [0.5, 0.6) is 0 Å². The van der Waals surface area contributed by atoms with Gasteiger partial charge in [0, 0.05) is 19.0 Å². The van der Waals surface area contributed by atoms with Gasteiger partial charge in [0.05, 0.1) is 11.3 Å². The molecule has 6 heteroatoms. The number of ether oxygens (including phenoxy) is 1. The van der Waals surface area contributed by atoms with Crippen LogP contribution in [0.1, 0.15) is 62.5 Å². The molecule has 0 N–H and O–H groups in total. The highest BCUT2D eigenvalue weighted by Gasteiger charge is 2.50. The van der Waals surface area contributed by atoms with Gasteiger partial charge >= 0.3 is 5.97 Å². The Bertz CT molecular complexity index is 697. The highest BCUT2D eigenvalue weighted by molar-refractivity contribution is 7.12. The van der Waals surface area contributed by atoms with Crippen molar-refractivity contribution in [1.82, 2.24) is 4.90 Å². The Kier molecular flexibility index (Phi) is 5.24. The molecule has 0 aromatic carbocycles. The second kappa shape index (κ2) is 7.14. The highest BCUT2D eigenvalue weighted by atomic mass is 32.1. The van der Waals surface area contributed by atoms with E-state index in [4.69, 9.17) is 4.74 Å². The second-order valence-electron chi connectivity index (χ2n) is 8.80. The summed E-state index contributed by atoms with van der Waals surface area (Å²) in [5.41, 5.74) is 0.407. The molecule has 0 spiro atoms. The van der Waals surface area contributed by atoms with Crippen molar-refractivity contribution in [2.75, 3.05) is 13.2 Å². The molecule has 26 heavy (non-hydrogen) atoms. The third-order valence-electron chi connectivity index (χ3n) is 5.44. The van der Waals surface area contributed by atoms with Crippen LogP contribution in [0, 0.1) is 10.8 Å². The molecule has 2 aliphatic rings. The summed E-state index contributed by atoms with van der Waals surface area (Å²) < 4.78 is 5.14. The summed E-state index contributed by atoms with van der Waals surface area (Å²) in [5, 5.41) is 1.83. The first-order chi connectivity index (χ1) is 12.2. The number of likely N-dealkylation sites (tertiary alicyclic amines) is 1. The molecule has 1 saturated heterocycles. The molecule has 1 aliphatic heterocycles. The van der Waals surface area contributed by atoms with E-state index in [1.807, 2.05) is 16.3 Å². The van der Waals surface area contributed by atoms with Crippen molar-refractivity contribution in [3.63, 3.8) is 0 Å². The number of amides is 1. The van der Waals surface area contributed by atoms with Gasteiger partial charge < -0.3 is 9.64 Å². The standard InChI is InChI=1S/C20H27NO4S/c1-19(2)9-14-10-20(3,12-19)13-21(14)17(23)11-25-18(24)7-6-15(22)16-5-4-8-26-16/h4-5,8,14H,6-7,9-13H2,1-3H3. The summed E-state index contributed by atoms with van der Waals surface area (Å²) in [7, 11) is 0. The number of hydrogen-bond donors (Lipinski definition) is 0. The average Bonchev–Trinajstić information content (AvgIpc) is 3.15. The number of fused-ring (bicyclic) bond motifs is 2. The molecule has 1 saturated carbocycles. The number of carbonyl (C=O) groups is 3. The summed E-state index contributed by atoms with van der Waals surface area (Å²) >= 11 is 1.36. The second-order valence-corrected chi connectivity index (χ2v) is 9.74. The predicted molar refractivity (Wildman–Crippen MR) is 100 cm³/mol. The van der Waals surface area contributed by atoms with Gasteiger partial charge in [0.25, 0.3) is 5.91 Å². The number of carbonyl (C=O) groups excluding carboxylic acids is 3. The quantitative estimate of drug-likeness (QED) is 0.560. The number of Topliss-reactive ketones (excluding diaryl/α,β-unsaturated/α-hetero) is 1. The predicted octanol–water partition coefficient (Wildman–Crippen LogP) is 3.68. The normalized spacial score (nSPS) is 26.6. The summed E-state index contributed by atoms with van der Waals surface area (Å²) in [6, 6.07) is 3.80. The van der Waals surface area contributed by atoms with Gasteiger partial charge in [0.2, 0.25) is 0 Å². The Morgan fingerprint density at radius 2 is 2.00 bits per heavy atom. The summed E-state index contributed by atoms with van der Waals surface area (Å²) in [6.45, 7) is 7.29. The summed E-state index contributed by atoms with van der Waals surface area (Å²) in [6.07, 6.45) is 3.28. The van der Waals surface area contributed by atoms with E-state index >= 15 is 0 Å². The fourth-order valence-electron chi connectivity index (χ4n) is 4.82. The minimum absolute atomic E-state index is 0.0121. The van der Waals surface area contributed by atoms with Gasteiger partial charge in [0.15, 0.2) is 12.4 Å². The van der Waals surface area contributed by atoms with Crippen molar-refractivity contribution in [3.8, 4) is 0 Å². The Balaban J connectivity index is 1.45. The molecule has 2 bridgehead atoms. The van der Waals surface area contributed by atoms with Crippen molar-refractivity contribution in [2.24, 2.45) is 10.8 Å². The Hall–Kier alpha value is -1.69. The number of rotatable bonds is 6. The molecule has 0 radical (unpaired) electrons. The Labute approximate surface area is 158 Å². The van der Waals surface area contributed by atoms with Crippen LogP contribution < -0.4 is 0 Å². The molecule has 1 aliphatic carbocycles. The summed E-state index contributed by atoms with van der Waals surface area (Å²) in [4.78, 5) is 38.9. The molecular weight excluding hydrogens is 350 g/mol. The van der Waals surface area contributed by atoms with Crippen LogP contribution in [-0.4, -0.2) is 41.8 Å². The van der Waals surface area contributed by atoms with Crippen molar-refractivity contribution < 1.29 is 19.1 Å². The van der Waals surface area contributed by atoms with E-state index in [0.717, 1.165) is 25.8 Å². The monoisotopic (exact) mass is 377 g/mol. The van der Waals surface area contributed by atoms with Crippen LogP contribution >= 0.6 is 11.3 Å². The van der Waals surface area contributed by atoms with E-state index in [1.54, 1.807) is 6.07 Å². The van der Waals surface area contributed by atoms with Gasteiger partial charge in [-0.25, -0.2) is 0 Å². The number of esters is 1. The highest BCUT2D eigenvalue weighted by Crippen LogP contribution is 2.52.